The molecule has 1 aromatic rings. The number of para-hydroxylation sites is 1. The number of hydrogen-bond acceptors (Lipinski definition) is 7. The summed E-state index contributed by atoms with van der Waals surface area (Å²) in [7, 11) is 0. The molecule has 3 heterocycles. The predicted octanol–water partition coefficient (Wildman–Crippen LogP) is 1.99. The molecule has 0 unspecified atom stereocenters. The van der Waals surface area contributed by atoms with E-state index in [1.54, 1.807) is 52.0 Å². The maximum atomic E-state index is 12.7. The molecule has 136 valence electrons. The van der Waals surface area contributed by atoms with Gasteiger partial charge in [0, 0.05) is 0 Å². The molecule has 3 saturated heterocycles. The Bertz CT molecular complexity index is 657. The number of fused-ring (bicyclic) bond motifs is 3. The van der Waals surface area contributed by atoms with Gasteiger partial charge < -0.3 is 28.4 Å². The van der Waals surface area contributed by atoms with Gasteiger partial charge in [-0.2, -0.15) is 0 Å². The summed E-state index contributed by atoms with van der Waals surface area (Å²) >= 11 is 0. The third kappa shape index (κ3) is 3.18. The van der Waals surface area contributed by atoms with Crippen LogP contribution in [0.15, 0.2) is 30.3 Å². The molecule has 3 aliphatic rings. The molecule has 25 heavy (non-hydrogen) atoms. The first-order valence-corrected chi connectivity index (χ1v) is 8.38. The van der Waals surface area contributed by atoms with E-state index in [-0.39, 0.29) is 0 Å². The number of hydrogen-bond donors (Lipinski definition) is 0. The Hall–Kier alpha value is -1.51. The van der Waals surface area contributed by atoms with Crippen LogP contribution in [-0.2, 0) is 28.5 Å². The number of carbonyl (C=O) groups is 1. The summed E-state index contributed by atoms with van der Waals surface area (Å²) in [6.45, 7) is 7.17. The Kier molecular flexibility index (Phi) is 3.90. The number of rotatable bonds is 2. The first-order chi connectivity index (χ1) is 11.7. The minimum atomic E-state index is -0.967. The van der Waals surface area contributed by atoms with Gasteiger partial charge in [0.05, 0.1) is 0 Å². The van der Waals surface area contributed by atoms with Gasteiger partial charge in [0.15, 0.2) is 24.0 Å². The molecule has 0 aromatic heterocycles. The van der Waals surface area contributed by atoms with Crippen LogP contribution in [0.4, 0.5) is 0 Å². The summed E-state index contributed by atoms with van der Waals surface area (Å²) in [6, 6.07) is 8.83. The third-order valence-corrected chi connectivity index (χ3v) is 4.35. The highest BCUT2D eigenvalue weighted by atomic mass is 16.9. The van der Waals surface area contributed by atoms with Gasteiger partial charge in [-0.3, -0.25) is 0 Å². The second-order valence-electron chi connectivity index (χ2n) is 7.32. The Balaban J connectivity index is 1.58. The summed E-state index contributed by atoms with van der Waals surface area (Å²) in [5, 5.41) is 0. The SMILES string of the molecule is CC1(C)O[C@H]2[C@@H](O1)[C@@H](C(=O)Oc1ccccc1)O[C@@H]1OC(C)(C)O[C@@H]12. The zero-order valence-corrected chi connectivity index (χ0v) is 14.6. The van der Waals surface area contributed by atoms with Gasteiger partial charge in [-0.15, -0.1) is 0 Å². The lowest BCUT2D eigenvalue weighted by Gasteiger charge is -2.35. The molecule has 0 spiro atoms. The van der Waals surface area contributed by atoms with Crippen LogP contribution in [0.5, 0.6) is 5.75 Å². The van der Waals surface area contributed by atoms with Crippen LogP contribution in [0.2, 0.25) is 0 Å². The van der Waals surface area contributed by atoms with E-state index in [9.17, 15) is 4.79 Å². The fourth-order valence-corrected chi connectivity index (χ4v) is 3.46. The molecule has 5 atom stereocenters. The lowest BCUT2D eigenvalue weighted by Crippen LogP contribution is -2.58. The van der Waals surface area contributed by atoms with Gasteiger partial charge in [-0.25, -0.2) is 4.79 Å². The lowest BCUT2D eigenvalue weighted by atomic mass is 9.99. The number of ether oxygens (including phenoxy) is 6. The molecule has 0 radical (unpaired) electrons. The predicted molar refractivity (Wildman–Crippen MR) is 84.6 cm³/mol. The number of carbonyl (C=O) groups excluding carboxylic acids is 1. The van der Waals surface area contributed by atoms with Crippen LogP contribution in [0, 0.1) is 0 Å². The largest absolute Gasteiger partial charge is 0.425 e. The maximum Gasteiger partial charge on any atom is 0.343 e. The second kappa shape index (κ2) is 5.75. The van der Waals surface area contributed by atoms with Crippen LogP contribution >= 0.6 is 0 Å². The van der Waals surface area contributed by atoms with E-state index in [1.165, 1.54) is 0 Å². The van der Waals surface area contributed by atoms with Crippen molar-refractivity contribution >= 4 is 5.97 Å². The smallest absolute Gasteiger partial charge is 0.343 e. The van der Waals surface area contributed by atoms with Crippen LogP contribution < -0.4 is 4.74 Å². The standard InChI is InChI=1S/C18H22O7/c1-17(2)22-11-12(23-17)14-16(25-18(3,4)24-14)21-13(11)15(19)20-10-8-6-5-7-9-10/h5-9,11-14,16H,1-4H3/t11-,12+,13+,14-,16-/m1/s1. The first kappa shape index (κ1) is 16.9. The molecule has 0 saturated carbocycles. The molecule has 3 aliphatic heterocycles. The summed E-state index contributed by atoms with van der Waals surface area (Å²) in [6.07, 6.45) is -3.27. The molecule has 0 amide bonds. The maximum absolute atomic E-state index is 12.7. The van der Waals surface area contributed by atoms with E-state index in [1.807, 2.05) is 6.07 Å². The monoisotopic (exact) mass is 350 g/mol. The van der Waals surface area contributed by atoms with Crippen LogP contribution in [0.25, 0.3) is 0 Å². The first-order valence-electron chi connectivity index (χ1n) is 8.38. The average Bonchev–Trinajstić information content (AvgIpc) is 3.01. The highest BCUT2D eigenvalue weighted by Crippen LogP contribution is 2.44. The van der Waals surface area contributed by atoms with E-state index in [0.717, 1.165) is 0 Å². The average molecular weight is 350 g/mol. The zero-order valence-electron chi connectivity index (χ0n) is 14.6. The minimum Gasteiger partial charge on any atom is -0.425 e. The Labute approximate surface area is 146 Å². The molecule has 4 rings (SSSR count). The molecule has 0 N–H and O–H groups in total. The van der Waals surface area contributed by atoms with Crippen molar-refractivity contribution < 1.29 is 33.2 Å². The number of benzene rings is 1. The van der Waals surface area contributed by atoms with E-state index in [2.05, 4.69) is 0 Å². The zero-order chi connectivity index (χ0) is 17.8. The van der Waals surface area contributed by atoms with Crippen molar-refractivity contribution in [3.05, 3.63) is 30.3 Å². The fraction of sp³-hybridized carbons (Fsp3) is 0.611. The molecule has 7 nitrogen and oxygen atoms in total. The van der Waals surface area contributed by atoms with Gasteiger partial charge in [0.2, 0.25) is 0 Å². The molecule has 0 aliphatic carbocycles. The van der Waals surface area contributed by atoms with Gasteiger partial charge in [-0.05, 0) is 39.8 Å². The molecular formula is C18H22O7. The van der Waals surface area contributed by atoms with Crippen molar-refractivity contribution in [1.29, 1.82) is 0 Å². The molecule has 1 aromatic carbocycles. The highest BCUT2D eigenvalue weighted by Gasteiger charge is 2.62. The van der Waals surface area contributed by atoms with E-state index in [0.29, 0.717) is 5.75 Å². The Morgan fingerprint density at radius 1 is 0.880 bits per heavy atom. The molecular weight excluding hydrogens is 328 g/mol. The van der Waals surface area contributed by atoms with Crippen molar-refractivity contribution in [3.63, 3.8) is 0 Å². The molecule has 3 fully saturated rings. The van der Waals surface area contributed by atoms with E-state index < -0.39 is 48.2 Å². The minimum absolute atomic E-state index is 0.442. The molecule has 7 heteroatoms. The van der Waals surface area contributed by atoms with Gasteiger partial charge in [0.1, 0.15) is 24.1 Å². The quantitative estimate of drug-likeness (QED) is 0.596. The summed E-state index contributed by atoms with van der Waals surface area (Å²) in [4.78, 5) is 12.7. The van der Waals surface area contributed by atoms with Crippen molar-refractivity contribution in [2.75, 3.05) is 0 Å². The summed E-state index contributed by atoms with van der Waals surface area (Å²) in [5.74, 6) is -1.78. The Morgan fingerprint density at radius 2 is 1.48 bits per heavy atom. The van der Waals surface area contributed by atoms with Crippen molar-refractivity contribution in [1.82, 2.24) is 0 Å². The van der Waals surface area contributed by atoms with Crippen LogP contribution in [0.3, 0.4) is 0 Å². The lowest BCUT2D eigenvalue weighted by molar-refractivity contribution is -0.236. The third-order valence-electron chi connectivity index (χ3n) is 4.35. The van der Waals surface area contributed by atoms with Crippen LogP contribution in [0.1, 0.15) is 27.7 Å². The summed E-state index contributed by atoms with van der Waals surface area (Å²) < 4.78 is 34.9. The van der Waals surface area contributed by atoms with Gasteiger partial charge in [0.25, 0.3) is 0 Å². The normalized spacial score (nSPS) is 38.0. The highest BCUT2D eigenvalue weighted by molar-refractivity contribution is 5.78. The van der Waals surface area contributed by atoms with Crippen molar-refractivity contribution in [2.24, 2.45) is 0 Å². The van der Waals surface area contributed by atoms with E-state index in [4.69, 9.17) is 28.4 Å². The van der Waals surface area contributed by atoms with Crippen LogP contribution in [-0.4, -0.2) is 48.2 Å². The second-order valence-corrected chi connectivity index (χ2v) is 7.32. The summed E-state index contributed by atoms with van der Waals surface area (Å²) in [5.41, 5.74) is 0. The van der Waals surface area contributed by atoms with Crippen molar-refractivity contribution in [3.8, 4) is 5.75 Å². The fourth-order valence-electron chi connectivity index (χ4n) is 3.46. The topological polar surface area (TPSA) is 72.5 Å². The van der Waals surface area contributed by atoms with Crippen molar-refractivity contribution in [2.45, 2.75) is 70.0 Å². The molecule has 0 bridgehead atoms. The van der Waals surface area contributed by atoms with Gasteiger partial charge in [-0.1, -0.05) is 18.2 Å². The number of esters is 1. The van der Waals surface area contributed by atoms with Gasteiger partial charge >= 0.3 is 5.97 Å². The Morgan fingerprint density at radius 3 is 2.20 bits per heavy atom. The van der Waals surface area contributed by atoms with E-state index >= 15 is 0 Å².